The maximum absolute atomic E-state index is 13.6. The molecule has 160 valence electrons. The molecule has 0 bridgehead atoms. The summed E-state index contributed by atoms with van der Waals surface area (Å²) >= 11 is 0. The van der Waals surface area contributed by atoms with Gasteiger partial charge in [-0.1, -0.05) is 30.3 Å². The number of rotatable bonds is 6. The number of aryl methyl sites for hydroxylation is 1. The lowest BCUT2D eigenvalue weighted by Gasteiger charge is -2.24. The van der Waals surface area contributed by atoms with Gasteiger partial charge in [0.2, 0.25) is 5.95 Å². The minimum Gasteiger partial charge on any atom is -0.342 e. The first-order valence-corrected chi connectivity index (χ1v) is 11.2. The Kier molecular flexibility index (Phi) is 5.65. The summed E-state index contributed by atoms with van der Waals surface area (Å²) in [4.78, 5) is 29.6. The fraction of sp³-hybridized carbons (Fsp3) is 0.417. The predicted octanol–water partition coefficient (Wildman–Crippen LogP) is 3.32. The van der Waals surface area contributed by atoms with Crippen molar-refractivity contribution in [2.24, 2.45) is 0 Å². The zero-order valence-electron chi connectivity index (χ0n) is 17.7. The van der Waals surface area contributed by atoms with E-state index >= 15 is 0 Å². The van der Waals surface area contributed by atoms with E-state index in [1.165, 1.54) is 0 Å². The van der Waals surface area contributed by atoms with Crippen LogP contribution in [0.15, 0.2) is 49.1 Å². The van der Waals surface area contributed by atoms with E-state index in [2.05, 4.69) is 15.2 Å². The Balaban J connectivity index is 1.46. The summed E-state index contributed by atoms with van der Waals surface area (Å²) in [6.45, 7) is 2.54. The van der Waals surface area contributed by atoms with E-state index in [-0.39, 0.29) is 11.9 Å². The normalized spacial score (nSPS) is 16.7. The van der Waals surface area contributed by atoms with Crippen molar-refractivity contribution in [1.29, 1.82) is 0 Å². The van der Waals surface area contributed by atoms with E-state index in [0.717, 1.165) is 68.4 Å². The van der Waals surface area contributed by atoms with Gasteiger partial charge in [-0.15, -0.1) is 0 Å². The fourth-order valence-electron chi connectivity index (χ4n) is 4.58. The van der Waals surface area contributed by atoms with Gasteiger partial charge in [-0.05, 0) is 44.1 Å². The molecule has 7 nitrogen and oxygen atoms in total. The molecule has 1 aromatic carbocycles. The highest BCUT2D eigenvalue weighted by atomic mass is 16.2. The third-order valence-electron chi connectivity index (χ3n) is 6.24. The second-order valence-electron chi connectivity index (χ2n) is 8.39. The van der Waals surface area contributed by atoms with Crippen molar-refractivity contribution in [3.8, 4) is 0 Å². The number of hydrogen-bond donors (Lipinski definition) is 1. The second-order valence-corrected chi connectivity index (χ2v) is 8.39. The van der Waals surface area contributed by atoms with Gasteiger partial charge in [-0.2, -0.15) is 0 Å². The van der Waals surface area contributed by atoms with Crippen molar-refractivity contribution in [2.75, 3.05) is 18.0 Å². The number of amides is 1. The zero-order chi connectivity index (χ0) is 21.0. The topological polar surface area (TPSA) is 75.9 Å². The molecule has 1 aliphatic carbocycles. The molecule has 2 aliphatic rings. The van der Waals surface area contributed by atoms with E-state index in [0.29, 0.717) is 18.2 Å². The van der Waals surface area contributed by atoms with Crippen LogP contribution in [0.4, 0.5) is 5.95 Å². The molecule has 1 atom stereocenters. The molecule has 7 heteroatoms. The van der Waals surface area contributed by atoms with Crippen molar-refractivity contribution in [2.45, 2.75) is 51.1 Å². The van der Waals surface area contributed by atoms with Crippen LogP contribution in [0.1, 0.15) is 59.0 Å². The molecule has 3 aromatic rings. The van der Waals surface area contributed by atoms with Gasteiger partial charge in [0.15, 0.2) is 0 Å². The first kappa shape index (κ1) is 19.7. The molecule has 1 amide bonds. The van der Waals surface area contributed by atoms with Gasteiger partial charge in [0.25, 0.3) is 5.91 Å². The highest BCUT2D eigenvalue weighted by Crippen LogP contribution is 2.27. The Labute approximate surface area is 182 Å². The summed E-state index contributed by atoms with van der Waals surface area (Å²) in [6, 6.07) is 9.91. The lowest BCUT2D eigenvalue weighted by atomic mass is 9.94. The van der Waals surface area contributed by atoms with Crippen molar-refractivity contribution < 1.29 is 4.79 Å². The van der Waals surface area contributed by atoms with Gasteiger partial charge in [0.1, 0.15) is 5.69 Å². The zero-order valence-corrected chi connectivity index (χ0v) is 17.7. The number of aromatic nitrogens is 4. The van der Waals surface area contributed by atoms with Gasteiger partial charge >= 0.3 is 0 Å². The Morgan fingerprint density at radius 1 is 1.03 bits per heavy atom. The predicted molar refractivity (Wildman–Crippen MR) is 119 cm³/mol. The maximum Gasteiger partial charge on any atom is 0.270 e. The SMILES string of the molecule is O=C(NC(Cn1ccnc1)c1ccccc1)c1nc(N2CCCC2)nc2c1CCCC2. The highest BCUT2D eigenvalue weighted by Gasteiger charge is 2.26. The molecule has 0 saturated carbocycles. The molecule has 1 aliphatic heterocycles. The third-order valence-corrected chi connectivity index (χ3v) is 6.24. The lowest BCUT2D eigenvalue weighted by Crippen LogP contribution is -2.34. The van der Waals surface area contributed by atoms with Crippen LogP contribution >= 0.6 is 0 Å². The summed E-state index contributed by atoms with van der Waals surface area (Å²) in [6.07, 6.45) is 11.8. The number of carbonyl (C=O) groups excluding carboxylic acids is 1. The van der Waals surface area contributed by atoms with E-state index < -0.39 is 0 Å². The number of imidazole rings is 1. The largest absolute Gasteiger partial charge is 0.342 e. The molecular formula is C24H28N6O. The third kappa shape index (κ3) is 4.31. The molecule has 31 heavy (non-hydrogen) atoms. The smallest absolute Gasteiger partial charge is 0.270 e. The molecule has 0 radical (unpaired) electrons. The molecule has 1 unspecified atom stereocenters. The molecule has 2 aromatic heterocycles. The van der Waals surface area contributed by atoms with E-state index in [1.807, 2.05) is 41.1 Å². The Morgan fingerprint density at radius 2 is 1.84 bits per heavy atom. The van der Waals surface area contributed by atoms with Crippen LogP contribution in [-0.2, 0) is 19.4 Å². The highest BCUT2D eigenvalue weighted by molar-refractivity contribution is 5.94. The van der Waals surface area contributed by atoms with Crippen molar-refractivity contribution >= 4 is 11.9 Å². The van der Waals surface area contributed by atoms with E-state index in [4.69, 9.17) is 9.97 Å². The second kappa shape index (κ2) is 8.88. The van der Waals surface area contributed by atoms with Crippen LogP contribution in [-0.4, -0.2) is 38.5 Å². The molecule has 0 spiro atoms. The Hall–Kier alpha value is -3.22. The average Bonchev–Trinajstić information content (AvgIpc) is 3.53. The van der Waals surface area contributed by atoms with Gasteiger partial charge < -0.3 is 14.8 Å². The summed E-state index contributed by atoms with van der Waals surface area (Å²) in [5, 5.41) is 3.26. The molecule has 1 saturated heterocycles. The lowest BCUT2D eigenvalue weighted by molar-refractivity contribution is 0.0926. The minimum absolute atomic E-state index is 0.116. The van der Waals surface area contributed by atoms with Gasteiger partial charge in [0, 0.05) is 43.3 Å². The van der Waals surface area contributed by atoms with Crippen LogP contribution in [0.5, 0.6) is 0 Å². The number of anilines is 1. The van der Waals surface area contributed by atoms with E-state index in [9.17, 15) is 4.79 Å². The van der Waals surface area contributed by atoms with Crippen LogP contribution in [0.3, 0.4) is 0 Å². The van der Waals surface area contributed by atoms with Crippen molar-refractivity contribution in [3.05, 3.63) is 71.6 Å². The standard InChI is InChI=1S/C24H28N6O/c31-23(26-21(16-29-15-12-25-17-29)18-8-2-1-3-9-18)22-19-10-4-5-11-20(19)27-24(28-22)30-13-6-7-14-30/h1-3,8-9,12,15,17,21H,4-7,10-11,13-14,16H2,(H,26,31). The van der Waals surface area contributed by atoms with Crippen molar-refractivity contribution in [1.82, 2.24) is 24.8 Å². The number of carbonyl (C=O) groups is 1. The summed E-state index contributed by atoms with van der Waals surface area (Å²) < 4.78 is 1.99. The summed E-state index contributed by atoms with van der Waals surface area (Å²) in [5.41, 5.74) is 3.70. The molecule has 1 fully saturated rings. The van der Waals surface area contributed by atoms with Crippen LogP contribution < -0.4 is 10.2 Å². The van der Waals surface area contributed by atoms with Gasteiger partial charge in [-0.3, -0.25) is 4.79 Å². The molecule has 5 rings (SSSR count). The average molecular weight is 417 g/mol. The summed E-state index contributed by atoms with van der Waals surface area (Å²) in [7, 11) is 0. The molecule has 1 N–H and O–H groups in total. The summed E-state index contributed by atoms with van der Waals surface area (Å²) in [5.74, 6) is 0.601. The maximum atomic E-state index is 13.6. The van der Waals surface area contributed by atoms with Crippen LogP contribution in [0, 0.1) is 0 Å². The number of benzene rings is 1. The van der Waals surface area contributed by atoms with E-state index in [1.54, 1.807) is 12.5 Å². The van der Waals surface area contributed by atoms with Crippen molar-refractivity contribution in [3.63, 3.8) is 0 Å². The Bertz CT molecular complexity index is 1030. The number of hydrogen-bond acceptors (Lipinski definition) is 5. The number of nitrogens with zero attached hydrogens (tertiary/aromatic N) is 5. The van der Waals surface area contributed by atoms with Crippen LogP contribution in [0.25, 0.3) is 0 Å². The number of nitrogens with one attached hydrogen (secondary N) is 1. The monoisotopic (exact) mass is 416 g/mol. The first-order valence-electron chi connectivity index (χ1n) is 11.2. The van der Waals surface area contributed by atoms with Gasteiger partial charge in [0.05, 0.1) is 12.4 Å². The first-order chi connectivity index (χ1) is 15.3. The fourth-order valence-corrected chi connectivity index (χ4v) is 4.58. The molecule has 3 heterocycles. The quantitative estimate of drug-likeness (QED) is 0.667. The minimum atomic E-state index is -0.174. The number of fused-ring (bicyclic) bond motifs is 1. The van der Waals surface area contributed by atoms with Gasteiger partial charge in [-0.25, -0.2) is 15.0 Å². The van der Waals surface area contributed by atoms with Crippen LogP contribution in [0.2, 0.25) is 0 Å². The Morgan fingerprint density at radius 3 is 2.61 bits per heavy atom. The molecular weight excluding hydrogens is 388 g/mol.